The standard InChI is InChI=1S/C21H21ClN8O2/c1-11(26-19-12(9-23)10-25-21(24)30-19)18-28-15-4-2-3-14(22)16(15)17(29-18)20(31)27-13-5-7-32-8-6-13/h2-4,10-11,13H,5-8H2,1H3,(H,27,31)(H3,24,25,26,30). The van der Waals surface area contributed by atoms with Crippen molar-refractivity contribution in [2.45, 2.75) is 31.8 Å². The highest BCUT2D eigenvalue weighted by Crippen LogP contribution is 2.27. The summed E-state index contributed by atoms with van der Waals surface area (Å²) in [5, 5.41) is 16.3. The number of nitrogen functional groups attached to an aromatic ring is 1. The summed E-state index contributed by atoms with van der Waals surface area (Å²) in [5.74, 6) is 0.310. The summed E-state index contributed by atoms with van der Waals surface area (Å²) in [6, 6.07) is 6.76. The van der Waals surface area contributed by atoms with Gasteiger partial charge in [0.2, 0.25) is 5.95 Å². The number of nitrogens with one attached hydrogen (secondary N) is 2. The summed E-state index contributed by atoms with van der Waals surface area (Å²) >= 11 is 6.41. The van der Waals surface area contributed by atoms with Crippen LogP contribution in [0.5, 0.6) is 0 Å². The molecule has 0 radical (unpaired) electrons. The van der Waals surface area contributed by atoms with Crippen molar-refractivity contribution in [1.29, 1.82) is 5.26 Å². The maximum Gasteiger partial charge on any atom is 0.270 e. The number of carbonyl (C=O) groups excluding carboxylic acids is 1. The summed E-state index contributed by atoms with van der Waals surface area (Å²) in [4.78, 5) is 30.2. The summed E-state index contributed by atoms with van der Waals surface area (Å²) < 4.78 is 5.36. The molecule has 0 spiro atoms. The molecule has 10 nitrogen and oxygen atoms in total. The van der Waals surface area contributed by atoms with Crippen molar-refractivity contribution in [3.63, 3.8) is 0 Å². The summed E-state index contributed by atoms with van der Waals surface area (Å²) in [7, 11) is 0. The van der Waals surface area contributed by atoms with Crippen molar-refractivity contribution in [2.75, 3.05) is 24.3 Å². The molecule has 1 aliphatic heterocycles. The normalized spacial score (nSPS) is 15.2. The van der Waals surface area contributed by atoms with E-state index in [0.29, 0.717) is 35.0 Å². The zero-order valence-electron chi connectivity index (χ0n) is 17.3. The van der Waals surface area contributed by atoms with Gasteiger partial charge in [0.15, 0.2) is 5.82 Å². The highest BCUT2D eigenvalue weighted by atomic mass is 35.5. The number of carbonyl (C=O) groups is 1. The quantitative estimate of drug-likeness (QED) is 0.530. The fraction of sp³-hybridized carbons (Fsp3) is 0.333. The number of hydrogen-bond acceptors (Lipinski definition) is 9. The van der Waals surface area contributed by atoms with Crippen molar-refractivity contribution in [3.05, 3.63) is 46.5 Å². The van der Waals surface area contributed by atoms with E-state index < -0.39 is 6.04 Å². The lowest BCUT2D eigenvalue weighted by molar-refractivity contribution is 0.0695. The van der Waals surface area contributed by atoms with Crippen LogP contribution in [0.1, 0.15) is 47.7 Å². The fourth-order valence-corrected chi connectivity index (χ4v) is 3.73. The predicted octanol–water partition coefficient (Wildman–Crippen LogP) is 2.61. The van der Waals surface area contributed by atoms with Crippen LogP contribution in [0.15, 0.2) is 24.4 Å². The first kappa shape index (κ1) is 21.7. The molecule has 11 heteroatoms. The highest BCUT2D eigenvalue weighted by Gasteiger charge is 2.23. The molecule has 1 fully saturated rings. The minimum absolute atomic E-state index is 0.00457. The van der Waals surface area contributed by atoms with Gasteiger partial charge in [-0.1, -0.05) is 17.7 Å². The van der Waals surface area contributed by atoms with Gasteiger partial charge in [0.25, 0.3) is 5.91 Å². The molecular weight excluding hydrogens is 432 g/mol. The second-order valence-electron chi connectivity index (χ2n) is 7.39. The number of ether oxygens (including phenoxy) is 1. The third kappa shape index (κ3) is 4.54. The van der Waals surface area contributed by atoms with Gasteiger partial charge in [-0.25, -0.2) is 15.0 Å². The van der Waals surface area contributed by atoms with Crippen LogP contribution in [0.25, 0.3) is 10.9 Å². The Morgan fingerprint density at radius 2 is 2.09 bits per heavy atom. The Morgan fingerprint density at radius 3 is 2.84 bits per heavy atom. The van der Waals surface area contributed by atoms with Crippen molar-refractivity contribution in [3.8, 4) is 6.07 Å². The topological polar surface area (TPSA) is 152 Å². The molecule has 0 bridgehead atoms. The third-order valence-corrected chi connectivity index (χ3v) is 5.44. The van der Waals surface area contributed by atoms with E-state index in [1.807, 2.05) is 6.07 Å². The molecule has 4 N–H and O–H groups in total. The monoisotopic (exact) mass is 452 g/mol. The Balaban J connectivity index is 1.70. The van der Waals surface area contributed by atoms with Crippen molar-refractivity contribution in [1.82, 2.24) is 25.3 Å². The van der Waals surface area contributed by atoms with Crippen LogP contribution in [-0.2, 0) is 4.74 Å². The van der Waals surface area contributed by atoms with Crippen molar-refractivity contribution in [2.24, 2.45) is 0 Å². The number of nitrogens with two attached hydrogens (primary N) is 1. The molecule has 1 aliphatic rings. The number of fused-ring (bicyclic) bond motifs is 1. The predicted molar refractivity (Wildman–Crippen MR) is 119 cm³/mol. The van der Waals surface area contributed by atoms with Gasteiger partial charge in [-0.2, -0.15) is 10.2 Å². The van der Waals surface area contributed by atoms with Crippen LogP contribution < -0.4 is 16.4 Å². The smallest absolute Gasteiger partial charge is 0.270 e. The van der Waals surface area contributed by atoms with Crippen LogP contribution in [0.2, 0.25) is 5.02 Å². The summed E-state index contributed by atoms with van der Waals surface area (Å²) in [6.45, 7) is 3.00. The van der Waals surface area contributed by atoms with E-state index in [1.165, 1.54) is 6.20 Å². The average molecular weight is 453 g/mol. The number of anilines is 2. The first-order chi connectivity index (χ1) is 15.5. The number of amides is 1. The highest BCUT2D eigenvalue weighted by molar-refractivity contribution is 6.36. The van der Waals surface area contributed by atoms with E-state index in [-0.39, 0.29) is 35.0 Å². The van der Waals surface area contributed by atoms with Gasteiger partial charge in [-0.15, -0.1) is 0 Å². The molecule has 32 heavy (non-hydrogen) atoms. The van der Waals surface area contributed by atoms with E-state index >= 15 is 0 Å². The van der Waals surface area contributed by atoms with E-state index in [9.17, 15) is 10.1 Å². The van der Waals surface area contributed by atoms with Crippen molar-refractivity contribution < 1.29 is 9.53 Å². The van der Waals surface area contributed by atoms with E-state index in [1.54, 1.807) is 25.1 Å². The number of nitrogens with zero attached hydrogens (tertiary/aromatic N) is 5. The van der Waals surface area contributed by atoms with Gasteiger partial charge in [0.05, 0.1) is 28.2 Å². The molecule has 3 heterocycles. The van der Waals surface area contributed by atoms with Crippen molar-refractivity contribution >= 4 is 40.2 Å². The minimum Gasteiger partial charge on any atom is -0.381 e. The van der Waals surface area contributed by atoms with E-state index in [4.69, 9.17) is 22.1 Å². The number of aromatic nitrogens is 4. The first-order valence-electron chi connectivity index (χ1n) is 10.1. The molecule has 2 aromatic heterocycles. The molecule has 164 valence electrons. The Morgan fingerprint density at radius 1 is 1.31 bits per heavy atom. The minimum atomic E-state index is -0.491. The summed E-state index contributed by atoms with van der Waals surface area (Å²) in [5.41, 5.74) is 6.62. The van der Waals surface area contributed by atoms with Crippen LogP contribution in [0, 0.1) is 11.3 Å². The zero-order valence-corrected chi connectivity index (χ0v) is 18.1. The lowest BCUT2D eigenvalue weighted by Gasteiger charge is -2.23. The maximum absolute atomic E-state index is 13.2. The molecule has 1 aromatic carbocycles. The Kier molecular flexibility index (Phi) is 6.30. The average Bonchev–Trinajstić information content (AvgIpc) is 2.79. The van der Waals surface area contributed by atoms with Crippen LogP contribution in [0.3, 0.4) is 0 Å². The molecule has 1 atom stereocenters. The Bertz CT molecular complexity index is 1210. The van der Waals surface area contributed by atoms with Crippen LogP contribution >= 0.6 is 11.6 Å². The van der Waals surface area contributed by atoms with E-state index in [2.05, 4.69) is 30.6 Å². The fourth-order valence-electron chi connectivity index (χ4n) is 3.47. The van der Waals surface area contributed by atoms with Gasteiger partial charge in [0, 0.05) is 19.3 Å². The molecule has 0 saturated carbocycles. The molecule has 4 rings (SSSR count). The lowest BCUT2D eigenvalue weighted by atomic mass is 10.1. The molecular formula is C21H21ClN8O2. The largest absolute Gasteiger partial charge is 0.381 e. The third-order valence-electron chi connectivity index (χ3n) is 5.13. The molecule has 1 unspecified atom stereocenters. The lowest BCUT2D eigenvalue weighted by Crippen LogP contribution is -2.39. The second kappa shape index (κ2) is 9.30. The van der Waals surface area contributed by atoms with Gasteiger partial charge in [0.1, 0.15) is 23.1 Å². The maximum atomic E-state index is 13.2. The number of halogens is 1. The van der Waals surface area contributed by atoms with Crippen LogP contribution in [-0.4, -0.2) is 45.1 Å². The van der Waals surface area contributed by atoms with Gasteiger partial charge >= 0.3 is 0 Å². The molecule has 1 saturated heterocycles. The molecule has 3 aromatic rings. The Hall–Kier alpha value is -3.55. The molecule has 1 amide bonds. The molecule has 0 aliphatic carbocycles. The number of benzene rings is 1. The Labute approximate surface area is 189 Å². The van der Waals surface area contributed by atoms with Gasteiger partial charge in [-0.05, 0) is 31.9 Å². The number of rotatable bonds is 5. The number of hydrogen-bond donors (Lipinski definition) is 3. The number of nitriles is 1. The first-order valence-corrected chi connectivity index (χ1v) is 10.5. The van der Waals surface area contributed by atoms with Gasteiger partial charge in [-0.3, -0.25) is 4.79 Å². The van der Waals surface area contributed by atoms with Gasteiger partial charge < -0.3 is 21.1 Å². The zero-order chi connectivity index (χ0) is 22.7. The summed E-state index contributed by atoms with van der Waals surface area (Å²) in [6.07, 6.45) is 2.81. The second-order valence-corrected chi connectivity index (χ2v) is 7.80. The van der Waals surface area contributed by atoms with Crippen LogP contribution in [0.4, 0.5) is 11.8 Å². The SMILES string of the molecule is CC(Nc1nc(N)ncc1C#N)c1nc(C(=O)NC2CCOCC2)c2c(Cl)cccc2n1. The van der Waals surface area contributed by atoms with E-state index in [0.717, 1.165) is 12.8 Å².